The number of anilines is 1. The molecule has 0 aliphatic carbocycles. The number of amides is 2. The fourth-order valence-corrected chi connectivity index (χ4v) is 3.89. The minimum atomic E-state index is -0.622. The molecule has 1 aliphatic heterocycles. The molecule has 0 unspecified atom stereocenters. The lowest BCUT2D eigenvalue weighted by atomic mass is 10.0. The summed E-state index contributed by atoms with van der Waals surface area (Å²) in [5.41, 5.74) is 3.17. The minimum Gasteiger partial charge on any atom is -0.378 e. The molecule has 2 heterocycles. The third-order valence-corrected chi connectivity index (χ3v) is 5.90. The molecule has 1 aliphatic rings. The van der Waals surface area contributed by atoms with E-state index in [1.165, 1.54) is 15.4 Å². The second-order valence-corrected chi connectivity index (χ2v) is 8.41. The molecule has 31 heavy (non-hydrogen) atoms. The first-order chi connectivity index (χ1) is 14.9. The number of rotatable bonds is 7. The van der Waals surface area contributed by atoms with E-state index in [1.807, 2.05) is 20.2 Å². The fraction of sp³-hybridized carbons (Fsp3) is 0.435. The third-order valence-electron chi connectivity index (χ3n) is 5.90. The lowest BCUT2D eigenvalue weighted by Crippen LogP contribution is -3.27. The molecule has 1 aromatic heterocycles. The minimum absolute atomic E-state index is 0.111. The summed E-state index contributed by atoms with van der Waals surface area (Å²) in [6, 6.07) is 12.2. The van der Waals surface area contributed by atoms with E-state index < -0.39 is 11.8 Å². The average molecular weight is 427 g/mol. The molecule has 1 saturated heterocycles. The fourth-order valence-electron chi connectivity index (χ4n) is 3.89. The van der Waals surface area contributed by atoms with Crippen molar-refractivity contribution in [2.75, 3.05) is 58.8 Å². The molecule has 0 spiro atoms. The van der Waals surface area contributed by atoms with Crippen LogP contribution in [0.3, 0.4) is 0 Å². The number of hydrogen-bond donors (Lipinski definition) is 4. The Morgan fingerprint density at radius 2 is 1.71 bits per heavy atom. The Balaban J connectivity index is 1.62. The van der Waals surface area contributed by atoms with Crippen molar-refractivity contribution in [1.82, 2.24) is 15.6 Å². The maximum atomic E-state index is 12.4. The van der Waals surface area contributed by atoms with Crippen molar-refractivity contribution < 1.29 is 19.4 Å². The zero-order valence-electron chi connectivity index (χ0n) is 18.6. The van der Waals surface area contributed by atoms with Gasteiger partial charge in [0.2, 0.25) is 0 Å². The van der Waals surface area contributed by atoms with Gasteiger partial charge in [-0.1, -0.05) is 18.2 Å². The van der Waals surface area contributed by atoms with Gasteiger partial charge >= 0.3 is 11.8 Å². The van der Waals surface area contributed by atoms with E-state index in [2.05, 4.69) is 51.8 Å². The van der Waals surface area contributed by atoms with Crippen molar-refractivity contribution in [3.05, 3.63) is 59.9 Å². The zero-order chi connectivity index (χ0) is 22.2. The summed E-state index contributed by atoms with van der Waals surface area (Å²) in [5.74, 6) is -1.22. The summed E-state index contributed by atoms with van der Waals surface area (Å²) >= 11 is 0. The molecule has 4 N–H and O–H groups in total. The van der Waals surface area contributed by atoms with E-state index in [-0.39, 0.29) is 12.6 Å². The van der Waals surface area contributed by atoms with Crippen LogP contribution in [0, 0.1) is 0 Å². The van der Waals surface area contributed by atoms with Gasteiger partial charge in [-0.25, -0.2) is 0 Å². The van der Waals surface area contributed by atoms with Gasteiger partial charge in [-0.15, -0.1) is 0 Å². The zero-order valence-corrected chi connectivity index (χ0v) is 18.6. The van der Waals surface area contributed by atoms with Crippen molar-refractivity contribution >= 4 is 17.5 Å². The van der Waals surface area contributed by atoms with Crippen LogP contribution in [0.25, 0.3) is 0 Å². The summed E-state index contributed by atoms with van der Waals surface area (Å²) in [5, 5.41) is 5.52. The van der Waals surface area contributed by atoms with Crippen LogP contribution < -0.4 is 25.3 Å². The normalized spacial score (nSPS) is 19.3. The molecule has 8 heteroatoms. The number of piperazine rings is 1. The molecule has 1 atom stereocenters. The van der Waals surface area contributed by atoms with Crippen molar-refractivity contribution in [3.8, 4) is 0 Å². The highest BCUT2D eigenvalue weighted by Crippen LogP contribution is 2.16. The summed E-state index contributed by atoms with van der Waals surface area (Å²) in [4.78, 5) is 33.7. The number of nitrogens with one attached hydrogen (secondary N) is 4. The van der Waals surface area contributed by atoms with Gasteiger partial charge in [0.25, 0.3) is 0 Å². The Hall–Kier alpha value is -2.97. The van der Waals surface area contributed by atoms with Gasteiger partial charge in [0.05, 0.1) is 13.6 Å². The highest BCUT2D eigenvalue weighted by molar-refractivity contribution is 6.35. The standard InChI is InChI=1S/C23H32N6O2/c1-27(2)20-8-6-19(7-9-20)21(29-13-11-28(3)12-14-29)17-26-23(31)22(30)25-16-18-5-4-10-24-15-18/h4-10,15,21H,11-14,16-17H2,1-3H3,(H,25,30)(H,26,31)/p+2/t21-/m1/s1. The summed E-state index contributed by atoms with van der Waals surface area (Å²) in [7, 11) is 6.25. The molecular formula is C23H34N6O2+2. The molecule has 3 rings (SSSR count). The number of hydrogen-bond acceptors (Lipinski definition) is 4. The highest BCUT2D eigenvalue weighted by atomic mass is 16.2. The van der Waals surface area contributed by atoms with E-state index in [0.29, 0.717) is 6.54 Å². The van der Waals surface area contributed by atoms with Crippen LogP contribution in [0.4, 0.5) is 5.69 Å². The average Bonchev–Trinajstić information content (AvgIpc) is 2.79. The largest absolute Gasteiger partial charge is 0.378 e. The third kappa shape index (κ3) is 6.50. The molecule has 166 valence electrons. The topological polar surface area (TPSA) is 83.2 Å². The van der Waals surface area contributed by atoms with Gasteiger partial charge < -0.3 is 25.3 Å². The number of carbonyl (C=O) groups excluding carboxylic acids is 2. The molecule has 1 fully saturated rings. The Bertz CT molecular complexity index is 848. The Morgan fingerprint density at radius 1 is 1.03 bits per heavy atom. The van der Waals surface area contributed by atoms with Gasteiger partial charge in [-0.2, -0.15) is 0 Å². The maximum absolute atomic E-state index is 12.4. The van der Waals surface area contributed by atoms with Crippen LogP contribution in [0.1, 0.15) is 17.2 Å². The molecular weight excluding hydrogens is 392 g/mol. The number of carbonyl (C=O) groups is 2. The molecule has 1 aromatic carbocycles. The van der Waals surface area contributed by atoms with Crippen LogP contribution in [0.15, 0.2) is 48.8 Å². The first-order valence-electron chi connectivity index (χ1n) is 10.8. The first kappa shape index (κ1) is 22.7. The molecule has 8 nitrogen and oxygen atoms in total. The molecule has 2 amide bonds. The SMILES string of the molecule is CN(C)c1ccc([C@@H](CNC(=O)C(=O)NCc2cccnc2)[NH+]2CC[NH+](C)CC2)cc1. The number of nitrogens with zero attached hydrogens (tertiary/aromatic N) is 2. The van der Waals surface area contributed by atoms with Crippen molar-refractivity contribution in [3.63, 3.8) is 0 Å². The second-order valence-electron chi connectivity index (χ2n) is 8.41. The monoisotopic (exact) mass is 426 g/mol. The number of benzene rings is 1. The first-order valence-corrected chi connectivity index (χ1v) is 10.8. The predicted octanol–water partition coefficient (Wildman–Crippen LogP) is -1.97. The van der Waals surface area contributed by atoms with Gasteiger partial charge in [0, 0.05) is 44.3 Å². The van der Waals surface area contributed by atoms with Gasteiger partial charge in [0.1, 0.15) is 32.2 Å². The van der Waals surface area contributed by atoms with Crippen molar-refractivity contribution in [2.24, 2.45) is 0 Å². The van der Waals surface area contributed by atoms with E-state index in [0.717, 1.165) is 37.4 Å². The Kier molecular flexibility index (Phi) is 7.97. The molecule has 2 aromatic rings. The molecule has 0 saturated carbocycles. The summed E-state index contributed by atoms with van der Waals surface area (Å²) in [6.45, 7) is 4.98. The summed E-state index contributed by atoms with van der Waals surface area (Å²) < 4.78 is 0. The van der Waals surface area contributed by atoms with Crippen LogP contribution in [0.2, 0.25) is 0 Å². The van der Waals surface area contributed by atoms with E-state index in [9.17, 15) is 9.59 Å². The van der Waals surface area contributed by atoms with E-state index in [1.54, 1.807) is 18.5 Å². The highest BCUT2D eigenvalue weighted by Gasteiger charge is 2.30. The Morgan fingerprint density at radius 3 is 2.32 bits per heavy atom. The number of aromatic nitrogens is 1. The van der Waals surface area contributed by atoms with Crippen molar-refractivity contribution in [1.29, 1.82) is 0 Å². The van der Waals surface area contributed by atoms with Crippen LogP contribution >= 0.6 is 0 Å². The maximum Gasteiger partial charge on any atom is 0.309 e. The van der Waals surface area contributed by atoms with Crippen LogP contribution in [-0.2, 0) is 16.1 Å². The number of likely N-dealkylation sites (N-methyl/N-ethyl adjacent to an activating group) is 1. The lowest BCUT2D eigenvalue weighted by Gasteiger charge is -2.33. The van der Waals surface area contributed by atoms with Crippen molar-refractivity contribution in [2.45, 2.75) is 12.6 Å². The van der Waals surface area contributed by atoms with E-state index in [4.69, 9.17) is 0 Å². The molecule has 0 radical (unpaired) electrons. The van der Waals surface area contributed by atoms with E-state index >= 15 is 0 Å². The number of quaternary nitrogens is 2. The van der Waals surface area contributed by atoms with Crippen LogP contribution in [-0.4, -0.2) is 70.7 Å². The second kappa shape index (κ2) is 10.9. The smallest absolute Gasteiger partial charge is 0.309 e. The van der Waals surface area contributed by atoms with Gasteiger partial charge in [-0.05, 0) is 23.8 Å². The summed E-state index contributed by atoms with van der Waals surface area (Å²) in [6.07, 6.45) is 3.34. The quantitative estimate of drug-likeness (QED) is 0.388. The van der Waals surface area contributed by atoms with Gasteiger partial charge in [0.15, 0.2) is 0 Å². The van der Waals surface area contributed by atoms with Crippen LogP contribution in [0.5, 0.6) is 0 Å². The predicted molar refractivity (Wildman–Crippen MR) is 120 cm³/mol. The lowest BCUT2D eigenvalue weighted by molar-refractivity contribution is -1.02. The Labute approximate surface area is 184 Å². The number of pyridine rings is 1. The molecule has 0 bridgehead atoms. The van der Waals surface area contributed by atoms with Gasteiger partial charge in [-0.3, -0.25) is 14.6 Å².